The predicted octanol–water partition coefficient (Wildman–Crippen LogP) is 4.76. The number of nitrogens with zero attached hydrogens (tertiary/aromatic N) is 3. The topological polar surface area (TPSA) is 103 Å². The highest BCUT2D eigenvalue weighted by Gasteiger charge is 2.32. The zero-order valence-electron chi connectivity index (χ0n) is 21.2. The third-order valence-electron chi connectivity index (χ3n) is 7.36. The van der Waals surface area contributed by atoms with Crippen LogP contribution in [-0.2, 0) is 41.8 Å². The van der Waals surface area contributed by atoms with E-state index in [1.165, 1.54) is 16.2 Å². The molecule has 0 radical (unpaired) electrons. The fourth-order valence-corrected chi connectivity index (χ4v) is 7.87. The third kappa shape index (κ3) is 4.61. The minimum absolute atomic E-state index is 0.210. The number of carbonyl (C=O) groups is 2. The maximum absolute atomic E-state index is 13.4. The summed E-state index contributed by atoms with van der Waals surface area (Å²) in [6.07, 6.45) is 6.59. The molecule has 3 aromatic rings. The minimum Gasteiger partial charge on any atom is -0.462 e. The van der Waals surface area contributed by atoms with E-state index in [-0.39, 0.29) is 24.1 Å². The SMILES string of the molecule is CCOC(=O)c1c(NC(=O)Cn2nnc3sc4c(c3c2=O)CC[C@H](C(C)(C)C)C4)sc2c1CCCC2. The summed E-state index contributed by atoms with van der Waals surface area (Å²) < 4.78 is 6.41. The molecule has 1 atom stereocenters. The Morgan fingerprint density at radius 1 is 1.11 bits per heavy atom. The van der Waals surface area contributed by atoms with Gasteiger partial charge in [0, 0.05) is 9.75 Å². The Bertz CT molecular complexity index is 1400. The lowest BCUT2D eigenvalue weighted by atomic mass is 9.72. The quantitative estimate of drug-likeness (QED) is 0.479. The van der Waals surface area contributed by atoms with E-state index in [2.05, 4.69) is 36.4 Å². The van der Waals surface area contributed by atoms with Crippen LogP contribution in [0.4, 0.5) is 5.00 Å². The molecule has 0 saturated heterocycles. The summed E-state index contributed by atoms with van der Waals surface area (Å²) in [6, 6.07) is 0. The van der Waals surface area contributed by atoms with Gasteiger partial charge in [0.2, 0.25) is 5.91 Å². The van der Waals surface area contributed by atoms with Crippen molar-refractivity contribution in [3.63, 3.8) is 0 Å². The van der Waals surface area contributed by atoms with Gasteiger partial charge >= 0.3 is 5.97 Å². The molecule has 2 aliphatic carbocycles. The molecule has 3 heterocycles. The molecule has 0 bridgehead atoms. The Kier molecular flexibility index (Phi) is 6.76. The first-order valence-corrected chi connectivity index (χ1v) is 14.3. The first-order chi connectivity index (χ1) is 17.2. The van der Waals surface area contributed by atoms with E-state index in [0.717, 1.165) is 65.6 Å². The van der Waals surface area contributed by atoms with Crippen LogP contribution >= 0.6 is 22.7 Å². The summed E-state index contributed by atoms with van der Waals surface area (Å²) in [5, 5.41) is 12.3. The van der Waals surface area contributed by atoms with Crippen molar-refractivity contribution in [2.75, 3.05) is 11.9 Å². The maximum Gasteiger partial charge on any atom is 0.341 e. The molecule has 36 heavy (non-hydrogen) atoms. The second-order valence-electron chi connectivity index (χ2n) is 10.7. The van der Waals surface area contributed by atoms with Crippen LogP contribution in [0.25, 0.3) is 10.2 Å². The maximum atomic E-state index is 13.4. The summed E-state index contributed by atoms with van der Waals surface area (Å²) in [6.45, 7) is 8.56. The van der Waals surface area contributed by atoms with Gasteiger partial charge in [-0.25, -0.2) is 9.48 Å². The van der Waals surface area contributed by atoms with Gasteiger partial charge in [0.05, 0.1) is 17.6 Å². The monoisotopic (exact) mass is 528 g/mol. The van der Waals surface area contributed by atoms with E-state index >= 15 is 0 Å². The highest BCUT2D eigenvalue weighted by molar-refractivity contribution is 7.18. The van der Waals surface area contributed by atoms with Gasteiger partial charge in [-0.15, -0.1) is 27.8 Å². The number of thiophene rings is 2. The molecule has 8 nitrogen and oxygen atoms in total. The Labute approximate surface area is 218 Å². The number of fused-ring (bicyclic) bond motifs is 4. The average molecular weight is 529 g/mol. The summed E-state index contributed by atoms with van der Waals surface area (Å²) >= 11 is 2.98. The van der Waals surface area contributed by atoms with Crippen LogP contribution in [0.1, 0.15) is 78.2 Å². The molecule has 2 aliphatic rings. The van der Waals surface area contributed by atoms with Gasteiger partial charge in [0.1, 0.15) is 11.5 Å². The number of rotatable bonds is 5. The normalized spacial score (nSPS) is 17.5. The van der Waals surface area contributed by atoms with Gasteiger partial charge in [-0.2, -0.15) is 0 Å². The zero-order valence-corrected chi connectivity index (χ0v) is 22.9. The molecule has 1 N–H and O–H groups in total. The molecule has 0 fully saturated rings. The van der Waals surface area contributed by atoms with Gasteiger partial charge in [0.25, 0.3) is 5.56 Å². The lowest BCUT2D eigenvalue weighted by molar-refractivity contribution is -0.117. The van der Waals surface area contributed by atoms with Crippen LogP contribution in [0.15, 0.2) is 4.79 Å². The summed E-state index contributed by atoms with van der Waals surface area (Å²) in [5.41, 5.74) is 2.44. The predicted molar refractivity (Wildman–Crippen MR) is 142 cm³/mol. The van der Waals surface area contributed by atoms with Crippen molar-refractivity contribution in [3.05, 3.63) is 36.8 Å². The van der Waals surface area contributed by atoms with Crippen molar-refractivity contribution in [1.29, 1.82) is 0 Å². The van der Waals surface area contributed by atoms with Crippen LogP contribution < -0.4 is 10.9 Å². The van der Waals surface area contributed by atoms with E-state index < -0.39 is 11.9 Å². The van der Waals surface area contributed by atoms with E-state index in [0.29, 0.717) is 26.7 Å². The summed E-state index contributed by atoms with van der Waals surface area (Å²) in [5.74, 6) is -0.264. The van der Waals surface area contributed by atoms with E-state index in [4.69, 9.17) is 4.74 Å². The number of nitrogens with one attached hydrogen (secondary N) is 1. The number of ether oxygens (including phenoxy) is 1. The number of aryl methyl sites for hydroxylation is 2. The van der Waals surface area contributed by atoms with Gasteiger partial charge in [-0.1, -0.05) is 26.0 Å². The third-order valence-corrected chi connectivity index (χ3v) is 9.71. The van der Waals surface area contributed by atoms with E-state index in [1.54, 1.807) is 18.3 Å². The van der Waals surface area contributed by atoms with Crippen molar-refractivity contribution in [2.24, 2.45) is 11.3 Å². The molecule has 0 saturated carbocycles. The first-order valence-electron chi connectivity index (χ1n) is 12.7. The Hall–Kier alpha value is -2.59. The van der Waals surface area contributed by atoms with Crippen LogP contribution in [0.2, 0.25) is 0 Å². The average Bonchev–Trinajstić information content (AvgIpc) is 3.38. The number of anilines is 1. The molecule has 0 unspecified atom stereocenters. The second kappa shape index (κ2) is 9.70. The smallest absolute Gasteiger partial charge is 0.341 e. The van der Waals surface area contributed by atoms with E-state index in [1.807, 2.05) is 0 Å². The number of aromatic nitrogens is 3. The minimum atomic E-state index is -0.413. The van der Waals surface area contributed by atoms with Crippen molar-refractivity contribution in [1.82, 2.24) is 15.0 Å². The van der Waals surface area contributed by atoms with Crippen LogP contribution in [0.3, 0.4) is 0 Å². The van der Waals surface area contributed by atoms with E-state index in [9.17, 15) is 14.4 Å². The molecular weight excluding hydrogens is 496 g/mol. The Morgan fingerprint density at radius 2 is 1.89 bits per heavy atom. The molecule has 5 rings (SSSR count). The molecule has 1 amide bonds. The summed E-state index contributed by atoms with van der Waals surface area (Å²) in [7, 11) is 0. The van der Waals surface area contributed by atoms with Crippen LogP contribution in [-0.4, -0.2) is 33.5 Å². The highest BCUT2D eigenvalue weighted by Crippen LogP contribution is 2.42. The van der Waals surface area contributed by atoms with Crippen LogP contribution in [0.5, 0.6) is 0 Å². The molecular formula is C26H32N4O4S2. The van der Waals surface area contributed by atoms with Gasteiger partial charge < -0.3 is 10.1 Å². The number of hydrogen-bond acceptors (Lipinski definition) is 8. The largest absolute Gasteiger partial charge is 0.462 e. The Balaban J connectivity index is 1.40. The molecule has 3 aromatic heterocycles. The summed E-state index contributed by atoms with van der Waals surface area (Å²) in [4.78, 5) is 42.0. The lowest BCUT2D eigenvalue weighted by Gasteiger charge is -2.33. The van der Waals surface area contributed by atoms with Crippen molar-refractivity contribution in [2.45, 2.75) is 79.2 Å². The van der Waals surface area contributed by atoms with Crippen molar-refractivity contribution < 1.29 is 14.3 Å². The van der Waals surface area contributed by atoms with Gasteiger partial charge in [-0.05, 0) is 74.3 Å². The molecule has 192 valence electrons. The lowest BCUT2D eigenvalue weighted by Crippen LogP contribution is -2.31. The second-order valence-corrected chi connectivity index (χ2v) is 12.9. The number of esters is 1. The van der Waals surface area contributed by atoms with Gasteiger partial charge in [0.15, 0.2) is 4.83 Å². The first kappa shape index (κ1) is 25.1. The standard InChI is InChI=1S/C26H32N4O4S2/c1-5-34-25(33)21-15-8-6-7-9-17(15)35-22(21)27-19(31)13-30-24(32)20-16-11-10-14(26(2,3)4)12-18(16)36-23(20)28-29-30/h14H,5-13H2,1-4H3,(H,27,31)/t14-/m0/s1. The fraction of sp³-hybridized carbons (Fsp3) is 0.577. The molecule has 10 heteroatoms. The fourth-order valence-electron chi connectivity index (χ4n) is 5.34. The number of hydrogen-bond donors (Lipinski definition) is 1. The van der Waals surface area contributed by atoms with Gasteiger partial charge in [-0.3, -0.25) is 9.59 Å². The number of amides is 1. The number of carbonyl (C=O) groups excluding carboxylic acids is 2. The van der Waals surface area contributed by atoms with Crippen molar-refractivity contribution >= 4 is 49.8 Å². The highest BCUT2D eigenvalue weighted by atomic mass is 32.1. The Morgan fingerprint density at radius 3 is 2.64 bits per heavy atom. The zero-order chi connectivity index (χ0) is 25.6. The van der Waals surface area contributed by atoms with Crippen LogP contribution in [0, 0.1) is 11.3 Å². The molecule has 0 aromatic carbocycles. The molecule has 0 aliphatic heterocycles. The molecule has 0 spiro atoms. The van der Waals surface area contributed by atoms with Crippen molar-refractivity contribution in [3.8, 4) is 0 Å².